The lowest BCUT2D eigenvalue weighted by Gasteiger charge is -2.19. The molecule has 0 spiro atoms. The van der Waals surface area contributed by atoms with Gasteiger partial charge in [-0.3, -0.25) is 4.79 Å². The van der Waals surface area contributed by atoms with Gasteiger partial charge in [0.05, 0.1) is 0 Å². The third kappa shape index (κ3) is 4.82. The van der Waals surface area contributed by atoms with Crippen LogP contribution in [0.15, 0.2) is 24.3 Å². The number of anilines is 1. The fourth-order valence-corrected chi connectivity index (χ4v) is 1.32. The van der Waals surface area contributed by atoms with E-state index in [1.165, 1.54) is 0 Å². The van der Waals surface area contributed by atoms with Gasteiger partial charge in [0.1, 0.15) is 5.60 Å². The Morgan fingerprint density at radius 1 is 1.25 bits per heavy atom. The summed E-state index contributed by atoms with van der Waals surface area (Å²) in [6.45, 7) is 5.61. The molecule has 0 aliphatic carbocycles. The minimum Gasteiger partial charge on any atom is -0.460 e. The van der Waals surface area contributed by atoms with E-state index < -0.39 is 5.60 Å². The van der Waals surface area contributed by atoms with Crippen molar-refractivity contribution in [3.8, 4) is 0 Å². The number of carbonyl (C=O) groups excluding carboxylic acids is 1. The standard InChI is InChI=1S/C13H19NO2/c1-13(2,3)16-12(15)9-6-10-4-7-11(14)8-5-10/h4-5,7-8H,6,9,14H2,1-3H3. The van der Waals surface area contributed by atoms with Crippen molar-refractivity contribution < 1.29 is 9.53 Å². The van der Waals surface area contributed by atoms with E-state index in [-0.39, 0.29) is 5.97 Å². The second-order valence-electron chi connectivity index (χ2n) is 4.83. The first-order valence-corrected chi connectivity index (χ1v) is 5.43. The molecule has 0 atom stereocenters. The van der Waals surface area contributed by atoms with Crippen LogP contribution < -0.4 is 5.73 Å². The molecular weight excluding hydrogens is 202 g/mol. The number of carbonyl (C=O) groups is 1. The fourth-order valence-electron chi connectivity index (χ4n) is 1.32. The highest BCUT2D eigenvalue weighted by Crippen LogP contribution is 2.11. The van der Waals surface area contributed by atoms with Gasteiger partial charge in [-0.1, -0.05) is 12.1 Å². The number of ether oxygens (including phenoxy) is 1. The number of benzene rings is 1. The molecule has 0 heterocycles. The van der Waals surface area contributed by atoms with Gasteiger partial charge in [0.15, 0.2) is 0 Å². The molecule has 0 saturated heterocycles. The summed E-state index contributed by atoms with van der Waals surface area (Å²) >= 11 is 0. The van der Waals surface area contributed by atoms with Crippen molar-refractivity contribution in [3.05, 3.63) is 29.8 Å². The zero-order valence-electron chi connectivity index (χ0n) is 10.1. The molecule has 0 aliphatic rings. The van der Waals surface area contributed by atoms with Crippen LogP contribution in [0.5, 0.6) is 0 Å². The van der Waals surface area contributed by atoms with Crippen LogP contribution in [0.3, 0.4) is 0 Å². The lowest BCUT2D eigenvalue weighted by atomic mass is 10.1. The second-order valence-corrected chi connectivity index (χ2v) is 4.83. The first-order valence-electron chi connectivity index (χ1n) is 5.43. The Hall–Kier alpha value is -1.51. The molecule has 0 bridgehead atoms. The fraction of sp³-hybridized carbons (Fsp3) is 0.462. The summed E-state index contributed by atoms with van der Waals surface area (Å²) in [5.74, 6) is -0.163. The highest BCUT2D eigenvalue weighted by molar-refractivity contribution is 5.70. The second kappa shape index (κ2) is 5.01. The highest BCUT2D eigenvalue weighted by atomic mass is 16.6. The number of aryl methyl sites for hydroxylation is 1. The van der Waals surface area contributed by atoms with Crippen LogP contribution in [-0.2, 0) is 16.0 Å². The van der Waals surface area contributed by atoms with Crippen molar-refractivity contribution in [1.82, 2.24) is 0 Å². The molecule has 0 aliphatic heterocycles. The minimum absolute atomic E-state index is 0.163. The average Bonchev–Trinajstić information content (AvgIpc) is 2.14. The Morgan fingerprint density at radius 2 is 1.81 bits per heavy atom. The van der Waals surface area contributed by atoms with Gasteiger partial charge in [-0.25, -0.2) is 0 Å². The zero-order valence-corrected chi connectivity index (χ0v) is 10.1. The van der Waals surface area contributed by atoms with Crippen LogP contribution in [0.2, 0.25) is 0 Å². The topological polar surface area (TPSA) is 52.3 Å². The Balaban J connectivity index is 2.40. The van der Waals surface area contributed by atoms with Crippen molar-refractivity contribution >= 4 is 11.7 Å². The van der Waals surface area contributed by atoms with Crippen molar-refractivity contribution in [2.75, 3.05) is 5.73 Å². The third-order valence-corrected chi connectivity index (χ3v) is 2.02. The molecule has 1 rings (SSSR count). The smallest absolute Gasteiger partial charge is 0.306 e. The lowest BCUT2D eigenvalue weighted by molar-refractivity contribution is -0.154. The molecule has 0 fully saturated rings. The maximum absolute atomic E-state index is 11.5. The summed E-state index contributed by atoms with van der Waals surface area (Å²) in [5, 5.41) is 0. The van der Waals surface area contributed by atoms with Gasteiger partial charge >= 0.3 is 5.97 Å². The van der Waals surface area contributed by atoms with Crippen LogP contribution in [0, 0.1) is 0 Å². The SMILES string of the molecule is CC(C)(C)OC(=O)CCc1ccc(N)cc1. The van der Waals surface area contributed by atoms with Gasteiger partial charge in [0.25, 0.3) is 0 Å². The Kier molecular flexibility index (Phi) is 3.93. The number of esters is 1. The van der Waals surface area contributed by atoms with Crippen molar-refractivity contribution in [1.29, 1.82) is 0 Å². The maximum atomic E-state index is 11.5. The molecule has 0 radical (unpaired) electrons. The van der Waals surface area contributed by atoms with Crippen LogP contribution in [0.1, 0.15) is 32.8 Å². The Bertz CT molecular complexity index is 349. The zero-order chi connectivity index (χ0) is 12.2. The summed E-state index contributed by atoms with van der Waals surface area (Å²) in [6, 6.07) is 7.54. The molecule has 3 nitrogen and oxygen atoms in total. The molecule has 0 unspecified atom stereocenters. The van der Waals surface area contributed by atoms with Gasteiger partial charge in [-0.2, -0.15) is 0 Å². The molecule has 0 saturated carbocycles. The number of nitrogens with two attached hydrogens (primary N) is 1. The van der Waals surface area contributed by atoms with E-state index in [0.717, 1.165) is 11.3 Å². The van der Waals surface area contributed by atoms with E-state index in [1.807, 2.05) is 45.0 Å². The first kappa shape index (κ1) is 12.6. The predicted octanol–water partition coefficient (Wildman–Crippen LogP) is 2.54. The summed E-state index contributed by atoms with van der Waals surface area (Å²) in [5.41, 5.74) is 7.00. The molecule has 1 aromatic rings. The molecular formula is C13H19NO2. The van der Waals surface area contributed by atoms with E-state index >= 15 is 0 Å². The maximum Gasteiger partial charge on any atom is 0.306 e. The summed E-state index contributed by atoms with van der Waals surface area (Å²) in [6.07, 6.45) is 1.09. The number of rotatable bonds is 3. The van der Waals surface area contributed by atoms with Gasteiger partial charge in [0, 0.05) is 12.1 Å². The third-order valence-electron chi connectivity index (χ3n) is 2.02. The Labute approximate surface area is 96.6 Å². The first-order chi connectivity index (χ1) is 7.37. The van der Waals surface area contributed by atoms with Crippen molar-refractivity contribution in [2.45, 2.75) is 39.2 Å². The summed E-state index contributed by atoms with van der Waals surface area (Å²) in [7, 11) is 0. The normalized spacial score (nSPS) is 11.2. The molecule has 88 valence electrons. The van der Waals surface area contributed by atoms with E-state index in [0.29, 0.717) is 12.8 Å². The highest BCUT2D eigenvalue weighted by Gasteiger charge is 2.15. The minimum atomic E-state index is -0.405. The lowest BCUT2D eigenvalue weighted by Crippen LogP contribution is -2.23. The monoisotopic (exact) mass is 221 g/mol. The summed E-state index contributed by atoms with van der Waals surface area (Å²) < 4.78 is 5.22. The summed E-state index contributed by atoms with van der Waals surface area (Å²) in [4.78, 5) is 11.5. The van der Waals surface area contributed by atoms with E-state index in [1.54, 1.807) is 0 Å². The molecule has 16 heavy (non-hydrogen) atoms. The molecule has 0 aromatic heterocycles. The largest absolute Gasteiger partial charge is 0.460 e. The molecule has 2 N–H and O–H groups in total. The van der Waals surface area contributed by atoms with Gasteiger partial charge in [-0.15, -0.1) is 0 Å². The van der Waals surface area contributed by atoms with Gasteiger partial charge in [0.2, 0.25) is 0 Å². The molecule has 1 aromatic carbocycles. The van der Waals surface area contributed by atoms with Crippen LogP contribution in [0.4, 0.5) is 5.69 Å². The molecule has 3 heteroatoms. The Morgan fingerprint density at radius 3 is 2.31 bits per heavy atom. The number of hydrogen-bond acceptors (Lipinski definition) is 3. The quantitative estimate of drug-likeness (QED) is 0.630. The van der Waals surface area contributed by atoms with E-state index in [2.05, 4.69) is 0 Å². The predicted molar refractivity (Wildman–Crippen MR) is 65.0 cm³/mol. The van der Waals surface area contributed by atoms with E-state index in [4.69, 9.17) is 10.5 Å². The number of nitrogen functional groups attached to an aromatic ring is 1. The van der Waals surface area contributed by atoms with E-state index in [9.17, 15) is 4.79 Å². The number of hydrogen-bond donors (Lipinski definition) is 1. The van der Waals surface area contributed by atoms with Gasteiger partial charge < -0.3 is 10.5 Å². The average molecular weight is 221 g/mol. The van der Waals surface area contributed by atoms with Crippen LogP contribution >= 0.6 is 0 Å². The van der Waals surface area contributed by atoms with Gasteiger partial charge in [-0.05, 0) is 44.9 Å². The van der Waals surface area contributed by atoms with Crippen LogP contribution in [-0.4, -0.2) is 11.6 Å². The van der Waals surface area contributed by atoms with Crippen LogP contribution in [0.25, 0.3) is 0 Å². The molecule has 0 amide bonds. The van der Waals surface area contributed by atoms with Crippen molar-refractivity contribution in [2.24, 2.45) is 0 Å². The van der Waals surface area contributed by atoms with Crippen molar-refractivity contribution in [3.63, 3.8) is 0 Å².